The third-order valence-electron chi connectivity index (χ3n) is 3.84. The second kappa shape index (κ2) is 6.21. The second-order valence-electron chi connectivity index (χ2n) is 5.17. The van der Waals surface area contributed by atoms with Gasteiger partial charge in [0.15, 0.2) is 6.10 Å². The summed E-state index contributed by atoms with van der Waals surface area (Å²) in [7, 11) is 0. The van der Waals surface area contributed by atoms with Gasteiger partial charge in [-0.1, -0.05) is 0 Å². The number of amides is 2. The summed E-state index contributed by atoms with van der Waals surface area (Å²) in [5.41, 5.74) is 0. The van der Waals surface area contributed by atoms with Crippen LogP contribution in [-0.4, -0.2) is 76.9 Å². The summed E-state index contributed by atoms with van der Waals surface area (Å²) in [6.07, 6.45) is 1.89. The normalized spacial score (nSPS) is 25.5. The third kappa shape index (κ3) is 3.57. The summed E-state index contributed by atoms with van der Waals surface area (Å²) in [6, 6.07) is 0.139. The van der Waals surface area contributed by atoms with E-state index in [1.165, 1.54) is 12.8 Å². The molecule has 0 aromatic carbocycles. The molecule has 0 radical (unpaired) electrons. The minimum Gasteiger partial charge on any atom is -0.479 e. The fourth-order valence-electron chi connectivity index (χ4n) is 2.71. The predicted molar refractivity (Wildman–Crippen MR) is 67.8 cm³/mol. The van der Waals surface area contributed by atoms with Crippen LogP contribution < -0.4 is 5.32 Å². The first-order chi connectivity index (χ1) is 9.08. The topological polar surface area (TPSA) is 93.1 Å². The van der Waals surface area contributed by atoms with Gasteiger partial charge in [0.2, 0.25) is 0 Å². The number of nitrogens with zero attached hydrogens (tertiary/aromatic N) is 2. The lowest BCUT2D eigenvalue weighted by molar-refractivity contribution is -0.146. The van der Waals surface area contributed by atoms with Crippen molar-refractivity contribution in [3.8, 4) is 0 Å². The first kappa shape index (κ1) is 14.1. The Hall–Kier alpha value is -1.34. The number of likely N-dealkylation sites (tertiary alicyclic amines) is 2. The van der Waals surface area contributed by atoms with Crippen molar-refractivity contribution < 1.29 is 19.8 Å². The van der Waals surface area contributed by atoms with Gasteiger partial charge in [-0.3, -0.25) is 4.90 Å². The number of carbonyl (C=O) groups excluding carboxylic acids is 1. The van der Waals surface area contributed by atoms with E-state index >= 15 is 0 Å². The van der Waals surface area contributed by atoms with Gasteiger partial charge in [-0.25, -0.2) is 9.59 Å². The maximum absolute atomic E-state index is 11.8. The summed E-state index contributed by atoms with van der Waals surface area (Å²) in [5, 5.41) is 20.1. The number of carboxylic acid groups (broad SMARTS) is 1. The number of carboxylic acids is 1. The summed E-state index contributed by atoms with van der Waals surface area (Å²) >= 11 is 0. The minimum absolute atomic E-state index is 0.251. The van der Waals surface area contributed by atoms with Crippen LogP contribution in [0.15, 0.2) is 0 Å². The number of aliphatic hydroxyl groups excluding tert-OH is 1. The van der Waals surface area contributed by atoms with Crippen LogP contribution >= 0.6 is 0 Å². The molecule has 2 fully saturated rings. The molecule has 0 aromatic rings. The lowest BCUT2D eigenvalue weighted by atomic mass is 10.2. The van der Waals surface area contributed by atoms with Crippen molar-refractivity contribution in [3.63, 3.8) is 0 Å². The van der Waals surface area contributed by atoms with E-state index in [9.17, 15) is 9.59 Å². The maximum Gasteiger partial charge on any atom is 0.334 e. The van der Waals surface area contributed by atoms with Crippen LogP contribution in [-0.2, 0) is 4.79 Å². The van der Waals surface area contributed by atoms with Gasteiger partial charge in [-0.05, 0) is 32.4 Å². The second-order valence-corrected chi connectivity index (χ2v) is 5.17. The quantitative estimate of drug-likeness (QED) is 0.629. The average Bonchev–Trinajstić information content (AvgIpc) is 3.04. The molecule has 0 aliphatic carbocycles. The Morgan fingerprint density at radius 3 is 2.58 bits per heavy atom. The van der Waals surface area contributed by atoms with E-state index in [4.69, 9.17) is 10.2 Å². The van der Waals surface area contributed by atoms with Gasteiger partial charge < -0.3 is 20.4 Å². The summed E-state index contributed by atoms with van der Waals surface area (Å²) in [4.78, 5) is 26.4. The molecular weight excluding hydrogens is 250 g/mol. The molecule has 7 nitrogen and oxygen atoms in total. The smallest absolute Gasteiger partial charge is 0.334 e. The molecule has 2 aliphatic heterocycles. The van der Waals surface area contributed by atoms with Gasteiger partial charge in [0.25, 0.3) is 0 Å². The number of hydrogen-bond acceptors (Lipinski definition) is 4. The minimum atomic E-state index is -1.54. The van der Waals surface area contributed by atoms with E-state index in [1.54, 1.807) is 4.90 Å². The molecule has 0 spiro atoms. The molecule has 2 rings (SSSR count). The Morgan fingerprint density at radius 2 is 1.95 bits per heavy atom. The van der Waals surface area contributed by atoms with Gasteiger partial charge >= 0.3 is 12.0 Å². The molecule has 3 N–H and O–H groups in total. The first-order valence-electron chi connectivity index (χ1n) is 6.75. The van der Waals surface area contributed by atoms with Crippen LogP contribution in [0.3, 0.4) is 0 Å². The molecule has 0 bridgehead atoms. The molecule has 19 heavy (non-hydrogen) atoms. The summed E-state index contributed by atoms with van der Waals surface area (Å²) < 4.78 is 0. The highest BCUT2D eigenvalue weighted by Gasteiger charge is 2.31. The Labute approximate surface area is 112 Å². The molecule has 7 heteroatoms. The number of rotatable bonds is 4. The van der Waals surface area contributed by atoms with Crippen LogP contribution in [0.4, 0.5) is 4.79 Å². The Kier molecular flexibility index (Phi) is 4.60. The van der Waals surface area contributed by atoms with Gasteiger partial charge in [0.05, 0.1) is 6.54 Å². The molecule has 0 aromatic heterocycles. The Bertz CT molecular complexity index is 344. The number of aliphatic hydroxyl groups is 1. The highest BCUT2D eigenvalue weighted by Crippen LogP contribution is 2.20. The number of urea groups is 1. The van der Waals surface area contributed by atoms with Crippen LogP contribution in [0, 0.1) is 0 Å². The molecular formula is C12H21N3O4. The van der Waals surface area contributed by atoms with Crippen LogP contribution in [0.2, 0.25) is 0 Å². The summed E-state index contributed by atoms with van der Waals surface area (Å²) in [6.45, 7) is 3.35. The molecule has 108 valence electrons. The van der Waals surface area contributed by atoms with Gasteiger partial charge in [-0.2, -0.15) is 0 Å². The monoisotopic (exact) mass is 271 g/mol. The zero-order valence-corrected chi connectivity index (χ0v) is 10.9. The van der Waals surface area contributed by atoms with Crippen LogP contribution in [0.5, 0.6) is 0 Å². The molecule has 2 amide bonds. The van der Waals surface area contributed by atoms with E-state index in [0.29, 0.717) is 19.1 Å². The van der Waals surface area contributed by atoms with Gasteiger partial charge in [0.1, 0.15) is 0 Å². The van der Waals surface area contributed by atoms with Crippen molar-refractivity contribution in [2.24, 2.45) is 0 Å². The first-order valence-corrected chi connectivity index (χ1v) is 6.75. The molecule has 2 unspecified atom stereocenters. The van der Waals surface area contributed by atoms with Gasteiger partial charge in [0, 0.05) is 19.1 Å². The fourth-order valence-corrected chi connectivity index (χ4v) is 2.71. The number of nitrogens with one attached hydrogen (secondary N) is 1. The van der Waals surface area contributed by atoms with E-state index in [2.05, 4.69) is 10.2 Å². The van der Waals surface area contributed by atoms with E-state index in [0.717, 1.165) is 19.5 Å². The zero-order valence-electron chi connectivity index (χ0n) is 10.9. The van der Waals surface area contributed by atoms with Crippen LogP contribution in [0.1, 0.15) is 19.3 Å². The average molecular weight is 271 g/mol. The van der Waals surface area contributed by atoms with Crippen molar-refractivity contribution in [2.75, 3.05) is 32.7 Å². The van der Waals surface area contributed by atoms with E-state index in [-0.39, 0.29) is 12.6 Å². The van der Waals surface area contributed by atoms with Crippen LogP contribution in [0.25, 0.3) is 0 Å². The molecule has 0 saturated carbocycles. The highest BCUT2D eigenvalue weighted by molar-refractivity contribution is 5.77. The number of carbonyl (C=O) groups is 2. The third-order valence-corrected chi connectivity index (χ3v) is 3.84. The van der Waals surface area contributed by atoms with Crippen molar-refractivity contribution in [1.82, 2.24) is 15.1 Å². The van der Waals surface area contributed by atoms with Gasteiger partial charge in [-0.15, -0.1) is 0 Å². The summed E-state index contributed by atoms with van der Waals surface area (Å²) in [5.74, 6) is -1.32. The Balaban J connectivity index is 1.73. The lowest BCUT2D eigenvalue weighted by Gasteiger charge is -2.23. The largest absolute Gasteiger partial charge is 0.479 e. The number of aliphatic carboxylic acids is 1. The number of hydrogen-bond donors (Lipinski definition) is 3. The molecule has 2 aliphatic rings. The van der Waals surface area contributed by atoms with Crippen molar-refractivity contribution in [2.45, 2.75) is 31.4 Å². The SMILES string of the molecule is O=C(O)C(O)CNC(=O)N1CCC(N2CCCC2)C1. The lowest BCUT2D eigenvalue weighted by Crippen LogP contribution is -2.45. The fraction of sp³-hybridized carbons (Fsp3) is 0.833. The van der Waals surface area contributed by atoms with Crippen molar-refractivity contribution in [3.05, 3.63) is 0 Å². The maximum atomic E-state index is 11.8. The standard InChI is InChI=1S/C12H21N3O4/c16-10(11(17)18)7-13-12(19)15-6-3-9(8-15)14-4-1-2-5-14/h9-10,16H,1-8H2,(H,13,19)(H,17,18). The van der Waals surface area contributed by atoms with E-state index < -0.39 is 12.1 Å². The Morgan fingerprint density at radius 1 is 1.26 bits per heavy atom. The zero-order chi connectivity index (χ0) is 13.8. The molecule has 2 heterocycles. The van der Waals surface area contributed by atoms with Crippen molar-refractivity contribution in [1.29, 1.82) is 0 Å². The van der Waals surface area contributed by atoms with Crippen molar-refractivity contribution >= 4 is 12.0 Å². The molecule has 2 saturated heterocycles. The molecule has 2 atom stereocenters. The predicted octanol–water partition coefficient (Wildman–Crippen LogP) is -0.688. The highest BCUT2D eigenvalue weighted by atomic mass is 16.4. The van der Waals surface area contributed by atoms with E-state index in [1.807, 2.05) is 0 Å².